The minimum Gasteiger partial charge on any atom is -0.354 e. The molecule has 0 fully saturated rings. The van der Waals surface area contributed by atoms with E-state index in [1.807, 2.05) is 44.2 Å². The highest BCUT2D eigenvalue weighted by Crippen LogP contribution is 2.35. The van der Waals surface area contributed by atoms with Crippen molar-refractivity contribution in [3.63, 3.8) is 0 Å². The van der Waals surface area contributed by atoms with Crippen molar-refractivity contribution in [1.82, 2.24) is 10.2 Å². The second kappa shape index (κ2) is 16.1. The first-order chi connectivity index (χ1) is 22.0. The number of carbonyl (C=O) groups excluding carboxylic acids is 2. The van der Waals surface area contributed by atoms with Gasteiger partial charge in [0.15, 0.2) is 0 Å². The Morgan fingerprint density at radius 3 is 2.20 bits per heavy atom. The van der Waals surface area contributed by atoms with Crippen molar-refractivity contribution in [2.45, 2.75) is 50.6 Å². The highest BCUT2D eigenvalue weighted by atomic mass is 35.5. The second-order valence-corrected chi connectivity index (χ2v) is 13.5. The maximum absolute atomic E-state index is 14.5. The highest BCUT2D eigenvalue weighted by molar-refractivity contribution is 7.92. The van der Waals surface area contributed by atoms with E-state index in [1.54, 1.807) is 18.2 Å². The first kappa shape index (κ1) is 34.9. The van der Waals surface area contributed by atoms with Crippen LogP contribution < -0.4 is 9.62 Å². The van der Waals surface area contributed by atoms with Crippen molar-refractivity contribution in [3.05, 3.63) is 130 Å². The zero-order chi connectivity index (χ0) is 33.3. The van der Waals surface area contributed by atoms with Crippen LogP contribution in [0.3, 0.4) is 0 Å². The maximum atomic E-state index is 14.5. The summed E-state index contributed by atoms with van der Waals surface area (Å²) >= 11 is 12.8. The van der Waals surface area contributed by atoms with Gasteiger partial charge in [0.25, 0.3) is 10.0 Å². The minimum atomic E-state index is -4.35. The predicted molar refractivity (Wildman–Crippen MR) is 181 cm³/mol. The van der Waals surface area contributed by atoms with Gasteiger partial charge >= 0.3 is 0 Å². The normalized spacial score (nSPS) is 11.9. The van der Waals surface area contributed by atoms with Crippen molar-refractivity contribution in [2.75, 3.05) is 17.4 Å². The summed E-state index contributed by atoms with van der Waals surface area (Å²) in [4.78, 5) is 29.6. The summed E-state index contributed by atoms with van der Waals surface area (Å²) in [5, 5.41) is 3.00. The first-order valence-corrected chi connectivity index (χ1v) is 17.1. The number of nitrogens with zero attached hydrogens (tertiary/aromatic N) is 2. The van der Waals surface area contributed by atoms with Gasteiger partial charge in [-0.3, -0.25) is 13.9 Å². The van der Waals surface area contributed by atoms with E-state index in [2.05, 4.69) is 5.32 Å². The van der Waals surface area contributed by atoms with E-state index in [4.69, 9.17) is 23.2 Å². The maximum Gasteiger partial charge on any atom is 0.264 e. The van der Waals surface area contributed by atoms with Crippen LogP contribution in [0.1, 0.15) is 36.5 Å². The number of sulfonamides is 1. The first-order valence-electron chi connectivity index (χ1n) is 14.9. The number of unbranched alkanes of at least 4 members (excludes halogenated alkanes) is 1. The van der Waals surface area contributed by atoms with Crippen molar-refractivity contribution in [1.29, 1.82) is 0 Å². The van der Waals surface area contributed by atoms with Gasteiger partial charge in [-0.1, -0.05) is 103 Å². The van der Waals surface area contributed by atoms with Crippen molar-refractivity contribution in [2.24, 2.45) is 0 Å². The summed E-state index contributed by atoms with van der Waals surface area (Å²) in [6.45, 7) is 3.47. The number of hydrogen-bond acceptors (Lipinski definition) is 4. The molecule has 0 aliphatic carbocycles. The van der Waals surface area contributed by atoms with Gasteiger partial charge in [0.2, 0.25) is 11.8 Å². The molecule has 4 aromatic carbocycles. The van der Waals surface area contributed by atoms with Gasteiger partial charge in [-0.05, 0) is 60.9 Å². The average Bonchev–Trinajstić information content (AvgIpc) is 3.04. The van der Waals surface area contributed by atoms with Gasteiger partial charge in [-0.25, -0.2) is 12.8 Å². The lowest BCUT2D eigenvalue weighted by molar-refractivity contribution is -0.140. The molecule has 4 rings (SSSR count). The molecule has 242 valence electrons. The van der Waals surface area contributed by atoms with Gasteiger partial charge in [0.05, 0.1) is 20.6 Å². The third-order valence-electron chi connectivity index (χ3n) is 7.45. The number of benzene rings is 4. The van der Waals surface area contributed by atoms with Crippen LogP contribution in [-0.4, -0.2) is 44.3 Å². The van der Waals surface area contributed by atoms with E-state index >= 15 is 0 Å². The van der Waals surface area contributed by atoms with Crippen LogP contribution in [0.4, 0.5) is 10.1 Å². The predicted octanol–water partition coefficient (Wildman–Crippen LogP) is 7.19. The van der Waals surface area contributed by atoms with Crippen LogP contribution >= 0.6 is 23.2 Å². The molecule has 0 aliphatic heterocycles. The molecular weight excluding hydrogens is 648 g/mol. The van der Waals surface area contributed by atoms with Crippen LogP contribution in [0.15, 0.2) is 102 Å². The Morgan fingerprint density at radius 1 is 0.870 bits per heavy atom. The van der Waals surface area contributed by atoms with E-state index in [9.17, 15) is 22.4 Å². The summed E-state index contributed by atoms with van der Waals surface area (Å²) in [5.41, 5.74) is 2.22. The SMILES string of the molecule is CCCCNC(=O)[C@@H](Cc1ccccc1)N(Cc1ccc(F)cc1)C(=O)CN(c1cccc(Cl)c1Cl)S(=O)(=O)c1ccc(C)cc1. The average molecular weight is 685 g/mol. The fraction of sp³-hybridized carbons (Fsp3) is 0.257. The molecule has 0 aliphatic rings. The summed E-state index contributed by atoms with van der Waals surface area (Å²) in [5.74, 6) is -1.50. The van der Waals surface area contributed by atoms with E-state index < -0.39 is 34.3 Å². The molecule has 0 aromatic heterocycles. The molecule has 0 radical (unpaired) electrons. The van der Waals surface area contributed by atoms with Gasteiger partial charge in [-0.15, -0.1) is 0 Å². The van der Waals surface area contributed by atoms with Crippen LogP contribution in [0, 0.1) is 12.7 Å². The number of amides is 2. The van der Waals surface area contributed by atoms with Crippen LogP contribution in [0.2, 0.25) is 10.0 Å². The molecule has 1 atom stereocenters. The zero-order valence-corrected chi connectivity index (χ0v) is 28.0. The minimum absolute atomic E-state index is 0.0110. The molecule has 0 saturated heterocycles. The molecule has 46 heavy (non-hydrogen) atoms. The molecule has 1 N–H and O–H groups in total. The Balaban J connectivity index is 1.81. The number of carbonyl (C=O) groups is 2. The molecule has 0 saturated carbocycles. The lowest BCUT2D eigenvalue weighted by Gasteiger charge is -2.34. The molecule has 4 aromatic rings. The second-order valence-electron chi connectivity index (χ2n) is 10.9. The Kier molecular flexibility index (Phi) is 12.2. The number of hydrogen-bond donors (Lipinski definition) is 1. The molecular formula is C35H36Cl2FN3O4S. The van der Waals surface area contributed by atoms with E-state index in [0.717, 1.165) is 28.3 Å². The number of rotatable bonds is 14. The van der Waals surface area contributed by atoms with Crippen LogP contribution in [0.25, 0.3) is 0 Å². The molecule has 7 nitrogen and oxygen atoms in total. The Hall–Kier alpha value is -3.92. The van der Waals surface area contributed by atoms with Gasteiger partial charge in [-0.2, -0.15) is 0 Å². The van der Waals surface area contributed by atoms with E-state index in [-0.39, 0.29) is 39.5 Å². The molecule has 0 unspecified atom stereocenters. The molecule has 11 heteroatoms. The number of nitrogens with one attached hydrogen (secondary N) is 1. The number of halogens is 3. The van der Waals surface area contributed by atoms with Crippen LogP contribution in [0.5, 0.6) is 0 Å². The Bertz CT molecular complexity index is 1740. The highest BCUT2D eigenvalue weighted by Gasteiger charge is 2.35. The largest absolute Gasteiger partial charge is 0.354 e. The Morgan fingerprint density at radius 2 is 1.54 bits per heavy atom. The van der Waals surface area contributed by atoms with Crippen LogP contribution in [-0.2, 0) is 32.6 Å². The molecule has 2 amide bonds. The molecule has 0 heterocycles. The standard InChI is InChI=1S/C35H36Cl2FN3O4S/c1-3-4-21-39-35(43)32(22-26-9-6-5-7-10-26)40(23-27-15-17-28(38)18-16-27)33(42)24-41(31-12-8-11-30(36)34(31)37)46(44,45)29-19-13-25(2)14-20-29/h5-20,32H,3-4,21-24H2,1-2H3,(H,39,43)/t32-/m1/s1. The van der Waals surface area contributed by atoms with Gasteiger partial charge in [0.1, 0.15) is 18.4 Å². The van der Waals surface area contributed by atoms with Gasteiger partial charge < -0.3 is 10.2 Å². The summed E-state index contributed by atoms with van der Waals surface area (Å²) in [7, 11) is -4.35. The Labute approximate surface area is 280 Å². The lowest BCUT2D eigenvalue weighted by atomic mass is 10.0. The van der Waals surface area contributed by atoms with E-state index in [0.29, 0.717) is 12.1 Å². The third kappa shape index (κ3) is 8.87. The topological polar surface area (TPSA) is 86.8 Å². The number of anilines is 1. The summed E-state index contributed by atoms with van der Waals surface area (Å²) in [6.07, 6.45) is 1.76. The summed E-state index contributed by atoms with van der Waals surface area (Å²) in [6, 6.07) is 24.6. The lowest BCUT2D eigenvalue weighted by Crippen LogP contribution is -2.53. The fourth-order valence-corrected chi connectivity index (χ4v) is 6.76. The fourth-order valence-electron chi connectivity index (χ4n) is 4.88. The van der Waals surface area contributed by atoms with E-state index in [1.165, 1.54) is 53.4 Å². The molecule has 0 spiro atoms. The van der Waals surface area contributed by atoms with Crippen molar-refractivity contribution >= 4 is 50.7 Å². The third-order valence-corrected chi connectivity index (χ3v) is 10.0. The number of aryl methyl sites for hydroxylation is 1. The quantitative estimate of drug-likeness (QED) is 0.143. The molecule has 0 bridgehead atoms. The van der Waals surface area contributed by atoms with Gasteiger partial charge in [0, 0.05) is 19.5 Å². The van der Waals surface area contributed by atoms with Crippen molar-refractivity contribution in [3.8, 4) is 0 Å². The van der Waals surface area contributed by atoms with Crippen molar-refractivity contribution < 1.29 is 22.4 Å². The monoisotopic (exact) mass is 683 g/mol. The zero-order valence-electron chi connectivity index (χ0n) is 25.6. The smallest absolute Gasteiger partial charge is 0.264 e. The summed E-state index contributed by atoms with van der Waals surface area (Å²) < 4.78 is 43.1.